The van der Waals surface area contributed by atoms with E-state index in [1.54, 1.807) is 6.92 Å². The van der Waals surface area contributed by atoms with Gasteiger partial charge in [0, 0.05) is 29.4 Å². The van der Waals surface area contributed by atoms with Gasteiger partial charge < -0.3 is 21.8 Å². The third-order valence-electron chi connectivity index (χ3n) is 4.59. The maximum absolute atomic E-state index is 12.9. The van der Waals surface area contributed by atoms with Crippen molar-refractivity contribution in [1.82, 2.24) is 0 Å². The smallest absolute Gasteiger partial charge is 0.380 e. The van der Waals surface area contributed by atoms with Gasteiger partial charge >= 0.3 is 19.5 Å². The quantitative estimate of drug-likeness (QED) is 0.201. The molecular formula is C17H43O3PSi4Zn. The first-order valence-corrected chi connectivity index (χ1v) is 26.4. The topological polar surface area (TPSA) is 35.5 Å². The molecule has 3 nitrogen and oxygen atoms in total. The van der Waals surface area contributed by atoms with E-state index < -0.39 is 37.0 Å². The number of hydrogen-bond donors (Lipinski definition) is 0. The first-order valence-electron chi connectivity index (χ1n) is 9.30. The van der Waals surface area contributed by atoms with Gasteiger partial charge in [0.25, 0.3) is 0 Å². The SMILES string of the molecule is CCOP(=O)([C-]=C[Si]([Si](C)(C)C)([Si](C)(C)C)[Si](C)(C)C)OCC.[CH2-]C.[Zn+2]. The molecule has 0 aliphatic carbocycles. The fourth-order valence-corrected chi connectivity index (χ4v) is 102. The number of rotatable bonds is 9. The zero-order chi connectivity index (χ0) is 20.7. The molecule has 0 radical (unpaired) electrons. The Morgan fingerprint density at radius 1 is 0.808 bits per heavy atom. The Morgan fingerprint density at radius 2 is 1.08 bits per heavy atom. The Morgan fingerprint density at radius 3 is 1.27 bits per heavy atom. The molecule has 0 atom stereocenters. The molecule has 26 heavy (non-hydrogen) atoms. The standard InChI is InChI=1S/C15H38O3PSi4.C2H5.Zn/c1-12-17-19(16,18-13-2)14-15-23(20(3,4)5,21(6,7)8)22(9,10)11;1-2;/h15H,12-13H2,1-11H3;1H2,2H3;/q2*-1;+2. The molecule has 0 saturated heterocycles. The molecule has 0 saturated carbocycles. The molecule has 0 aliphatic heterocycles. The van der Waals surface area contributed by atoms with Gasteiger partial charge in [0.2, 0.25) is 0 Å². The van der Waals surface area contributed by atoms with Crippen LogP contribution in [-0.4, -0.2) is 42.6 Å². The van der Waals surface area contributed by atoms with Crippen molar-refractivity contribution in [3.05, 3.63) is 18.4 Å². The molecule has 0 spiro atoms. The molecule has 0 aliphatic rings. The molecule has 0 rings (SSSR count). The van der Waals surface area contributed by atoms with E-state index >= 15 is 0 Å². The molecule has 9 heteroatoms. The summed E-state index contributed by atoms with van der Waals surface area (Å²) in [6, 6.07) is 0. The van der Waals surface area contributed by atoms with Crippen molar-refractivity contribution < 1.29 is 33.1 Å². The van der Waals surface area contributed by atoms with E-state index in [0.717, 1.165) is 0 Å². The van der Waals surface area contributed by atoms with Gasteiger partial charge in [0.15, 0.2) is 7.60 Å². The third kappa shape index (κ3) is 8.02. The first-order chi connectivity index (χ1) is 11.1. The van der Waals surface area contributed by atoms with Crippen molar-refractivity contribution in [2.45, 2.75) is 79.7 Å². The zero-order valence-electron chi connectivity index (χ0n) is 19.6. The normalized spacial score (nSPS) is 13.9. The van der Waals surface area contributed by atoms with E-state index in [2.05, 4.69) is 77.4 Å². The van der Waals surface area contributed by atoms with Gasteiger partial charge in [-0.3, -0.25) is 10.3 Å². The van der Waals surface area contributed by atoms with Gasteiger partial charge in [0.1, 0.15) is 0 Å². The second kappa shape index (κ2) is 12.2. The van der Waals surface area contributed by atoms with Crippen molar-refractivity contribution in [2.75, 3.05) is 13.2 Å². The molecule has 0 heterocycles. The van der Waals surface area contributed by atoms with Crippen LogP contribution in [0.3, 0.4) is 0 Å². The van der Waals surface area contributed by atoms with E-state index in [9.17, 15) is 4.57 Å². The second-order valence-electron chi connectivity index (χ2n) is 9.16. The van der Waals surface area contributed by atoms with Crippen LogP contribution in [0.1, 0.15) is 20.8 Å². The van der Waals surface area contributed by atoms with Crippen LogP contribution in [0.4, 0.5) is 0 Å². The molecule has 0 N–H and O–H groups in total. The van der Waals surface area contributed by atoms with Gasteiger partial charge in [-0.15, -0.1) is 0 Å². The average molecular weight is 504 g/mol. The van der Waals surface area contributed by atoms with E-state index in [4.69, 9.17) is 9.05 Å². The van der Waals surface area contributed by atoms with Crippen LogP contribution in [-0.2, 0) is 33.1 Å². The van der Waals surface area contributed by atoms with Crippen molar-refractivity contribution in [3.63, 3.8) is 0 Å². The van der Waals surface area contributed by atoms with Crippen LogP contribution in [0.5, 0.6) is 0 Å². The van der Waals surface area contributed by atoms with E-state index in [0.29, 0.717) is 13.2 Å². The molecule has 0 amide bonds. The summed E-state index contributed by atoms with van der Waals surface area (Å²) in [5.41, 5.74) is 2.31. The maximum atomic E-state index is 12.9. The summed E-state index contributed by atoms with van der Waals surface area (Å²) >= 11 is 0. The van der Waals surface area contributed by atoms with E-state index in [-0.39, 0.29) is 19.5 Å². The van der Waals surface area contributed by atoms with Crippen molar-refractivity contribution >= 4 is 37.0 Å². The summed E-state index contributed by atoms with van der Waals surface area (Å²) in [7, 11) is -7.55. The fourth-order valence-electron chi connectivity index (χ4n) is 4.65. The van der Waals surface area contributed by atoms with Crippen LogP contribution in [0, 0.1) is 12.7 Å². The summed E-state index contributed by atoms with van der Waals surface area (Å²) in [5, 5.41) is 0. The summed E-state index contributed by atoms with van der Waals surface area (Å²) in [5.74, 6) is 3.21. The van der Waals surface area contributed by atoms with E-state index in [1.807, 2.05) is 13.8 Å². The van der Waals surface area contributed by atoms with Crippen LogP contribution < -0.4 is 0 Å². The molecule has 0 aromatic rings. The van der Waals surface area contributed by atoms with Crippen molar-refractivity contribution in [3.8, 4) is 0 Å². The largest absolute Gasteiger partial charge is 2.00 e. The van der Waals surface area contributed by atoms with Gasteiger partial charge in [-0.2, -0.15) is 6.92 Å². The maximum Gasteiger partial charge on any atom is 2.00 e. The van der Waals surface area contributed by atoms with Crippen molar-refractivity contribution in [2.24, 2.45) is 0 Å². The van der Waals surface area contributed by atoms with Gasteiger partial charge in [-0.25, -0.2) is 0 Å². The Hall–Kier alpha value is 1.38. The second-order valence-corrected chi connectivity index (χ2v) is 51.4. The predicted octanol–water partition coefficient (Wildman–Crippen LogP) is 6.65. The average Bonchev–Trinajstić information content (AvgIpc) is 2.37. The summed E-state index contributed by atoms with van der Waals surface area (Å²) < 4.78 is 23.8. The summed E-state index contributed by atoms with van der Waals surface area (Å²) in [6.07, 6.45) is 0. The molecule has 0 aromatic heterocycles. The Kier molecular flexibility index (Phi) is 15.0. The Bertz CT molecular complexity index is 420. The summed E-state index contributed by atoms with van der Waals surface area (Å²) in [6.45, 7) is 30.3. The van der Waals surface area contributed by atoms with Gasteiger partial charge in [-0.05, 0) is 13.8 Å². The van der Waals surface area contributed by atoms with Crippen LogP contribution in [0.15, 0.2) is 5.70 Å². The molecule has 0 unspecified atom stereocenters. The van der Waals surface area contributed by atoms with Gasteiger partial charge in [-0.1, -0.05) is 58.9 Å². The monoisotopic (exact) mass is 502 g/mol. The van der Waals surface area contributed by atoms with Crippen LogP contribution >= 0.6 is 7.60 Å². The minimum Gasteiger partial charge on any atom is -0.380 e. The predicted molar refractivity (Wildman–Crippen MR) is 125 cm³/mol. The van der Waals surface area contributed by atoms with Crippen molar-refractivity contribution in [1.29, 1.82) is 0 Å². The minimum absolute atomic E-state index is 0. The molecule has 152 valence electrons. The summed E-state index contributed by atoms with van der Waals surface area (Å²) in [4.78, 5) is 0. The van der Waals surface area contributed by atoms with Crippen LogP contribution in [0.2, 0.25) is 58.9 Å². The number of hydrogen-bond acceptors (Lipinski definition) is 3. The minimum atomic E-state index is -3.23. The van der Waals surface area contributed by atoms with E-state index in [1.165, 1.54) is 0 Å². The third-order valence-corrected chi connectivity index (χ3v) is 77.2. The fraction of sp³-hybridized carbons (Fsp3) is 0.824. The van der Waals surface area contributed by atoms with Gasteiger partial charge in [0.05, 0.1) is 13.2 Å². The molecule has 0 aromatic carbocycles. The molecule has 0 bridgehead atoms. The Balaban J connectivity index is -0.00000170. The zero-order valence-corrected chi connectivity index (χ0v) is 27.4. The van der Waals surface area contributed by atoms with Crippen LogP contribution in [0.25, 0.3) is 0 Å². The Labute approximate surface area is 180 Å². The first kappa shape index (κ1) is 32.1. The molecular weight excluding hydrogens is 461 g/mol. The molecule has 0 fully saturated rings.